The molecule has 0 N–H and O–H groups in total. The van der Waals surface area contributed by atoms with E-state index in [1.54, 1.807) is 0 Å². The molecule has 0 spiro atoms. The maximum Gasteiger partial charge on any atom is 0.123 e. The maximum absolute atomic E-state index is 5.57. The zero-order valence-electron chi connectivity index (χ0n) is 7.31. The predicted molar refractivity (Wildman–Crippen MR) is 59.4 cm³/mol. The summed E-state index contributed by atoms with van der Waals surface area (Å²) in [7, 11) is 0. The van der Waals surface area contributed by atoms with Crippen LogP contribution < -0.4 is 4.74 Å². The second-order valence-electron chi connectivity index (χ2n) is 2.72. The lowest BCUT2D eigenvalue weighted by molar-refractivity contribution is 0.359. The van der Waals surface area contributed by atoms with E-state index in [-0.39, 0.29) is 0 Å². The van der Waals surface area contributed by atoms with Gasteiger partial charge in [0.05, 0.1) is 0 Å². The van der Waals surface area contributed by atoms with Crippen molar-refractivity contribution in [2.24, 2.45) is 0 Å². The summed E-state index contributed by atoms with van der Waals surface area (Å²) in [4.78, 5) is 0. The highest BCUT2D eigenvalue weighted by Gasteiger charge is 1.98. The molecule has 0 unspecified atom stereocenters. The van der Waals surface area contributed by atoms with Crippen molar-refractivity contribution in [3.63, 3.8) is 0 Å². The highest BCUT2D eigenvalue weighted by Crippen LogP contribution is 2.22. The summed E-state index contributed by atoms with van der Waals surface area (Å²) < 4.78 is 6.37. The lowest BCUT2D eigenvalue weighted by Gasteiger charge is -2.06. The van der Waals surface area contributed by atoms with E-state index >= 15 is 0 Å². The summed E-state index contributed by atoms with van der Waals surface area (Å²) in [5.41, 5.74) is 1.18. The normalized spacial score (nSPS) is 9.77. The van der Waals surface area contributed by atoms with Crippen LogP contribution >= 0.6 is 27.5 Å². The quantitative estimate of drug-likeness (QED) is 0.802. The Labute approximate surface area is 91.5 Å². The number of ether oxygens (including phenoxy) is 1. The molecule has 13 heavy (non-hydrogen) atoms. The van der Waals surface area contributed by atoms with Gasteiger partial charge in [-0.25, -0.2) is 0 Å². The van der Waals surface area contributed by atoms with Crippen molar-refractivity contribution in [1.29, 1.82) is 0 Å². The predicted octanol–water partition coefficient (Wildman–Crippen LogP) is 3.89. The number of aryl methyl sites for hydroxylation is 1. The van der Waals surface area contributed by atoms with Gasteiger partial charge in [0.25, 0.3) is 0 Å². The first-order valence-electron chi connectivity index (χ1n) is 3.82. The molecule has 0 amide bonds. The van der Waals surface area contributed by atoms with E-state index in [1.165, 1.54) is 5.56 Å². The molecule has 3 heteroatoms. The fourth-order valence-corrected chi connectivity index (χ4v) is 1.24. The Bertz CT molecular complexity index is 323. The van der Waals surface area contributed by atoms with Crippen molar-refractivity contribution in [2.75, 3.05) is 6.61 Å². The summed E-state index contributed by atoms with van der Waals surface area (Å²) in [5.74, 6) is 0.791. The molecule has 0 heterocycles. The van der Waals surface area contributed by atoms with E-state index in [9.17, 15) is 0 Å². The molecule has 70 valence electrons. The summed E-state index contributed by atoms with van der Waals surface area (Å²) in [6.45, 7) is 5.91. The van der Waals surface area contributed by atoms with Crippen molar-refractivity contribution in [3.8, 4) is 5.75 Å². The van der Waals surface area contributed by atoms with Crippen LogP contribution in [0.25, 0.3) is 0 Å². The standard InChI is InChI=1S/C10H10BrClO/c1-7-3-4-9(5-10(7)11)13-6-8(2)12/h3-5H,2,6H2,1H3. The van der Waals surface area contributed by atoms with Crippen molar-refractivity contribution in [2.45, 2.75) is 6.92 Å². The average molecular weight is 262 g/mol. The minimum Gasteiger partial charge on any atom is -0.488 e. The van der Waals surface area contributed by atoms with Crippen LogP contribution in [-0.4, -0.2) is 6.61 Å². The Kier molecular flexibility index (Phi) is 3.82. The number of hydrogen-bond acceptors (Lipinski definition) is 1. The molecular weight excluding hydrogens is 251 g/mol. The number of halogens is 2. The molecule has 0 aliphatic heterocycles. The molecule has 0 bridgehead atoms. The van der Waals surface area contributed by atoms with Crippen LogP contribution in [0.15, 0.2) is 34.3 Å². The monoisotopic (exact) mass is 260 g/mol. The Morgan fingerprint density at radius 2 is 2.31 bits per heavy atom. The molecular formula is C10H10BrClO. The minimum atomic E-state index is 0.344. The second kappa shape index (κ2) is 4.68. The van der Waals surface area contributed by atoms with Crippen molar-refractivity contribution >= 4 is 27.5 Å². The molecule has 1 nitrogen and oxygen atoms in total. The molecule has 1 rings (SSSR count). The molecule has 0 radical (unpaired) electrons. The molecule has 0 aliphatic rings. The molecule has 0 saturated carbocycles. The largest absolute Gasteiger partial charge is 0.488 e. The average Bonchev–Trinajstić information content (AvgIpc) is 2.07. The minimum absolute atomic E-state index is 0.344. The Hall–Kier alpha value is -0.470. The van der Waals surface area contributed by atoms with Gasteiger partial charge in [0.1, 0.15) is 12.4 Å². The van der Waals surface area contributed by atoms with E-state index < -0.39 is 0 Å². The van der Waals surface area contributed by atoms with Crippen LogP contribution in [-0.2, 0) is 0 Å². The van der Waals surface area contributed by atoms with Gasteiger partial charge in [-0.1, -0.05) is 40.2 Å². The van der Waals surface area contributed by atoms with E-state index in [2.05, 4.69) is 22.5 Å². The molecule has 0 aliphatic carbocycles. The number of rotatable bonds is 3. The van der Waals surface area contributed by atoms with E-state index in [4.69, 9.17) is 16.3 Å². The van der Waals surface area contributed by atoms with Gasteiger partial charge in [-0.15, -0.1) is 0 Å². The molecule has 1 aromatic carbocycles. The third kappa shape index (κ3) is 3.41. The summed E-state index contributed by atoms with van der Waals surface area (Å²) in [6.07, 6.45) is 0. The van der Waals surface area contributed by atoms with Gasteiger partial charge in [0, 0.05) is 9.51 Å². The first-order valence-corrected chi connectivity index (χ1v) is 4.99. The highest BCUT2D eigenvalue weighted by atomic mass is 79.9. The van der Waals surface area contributed by atoms with Crippen LogP contribution in [0.2, 0.25) is 0 Å². The molecule has 0 saturated heterocycles. The fourth-order valence-electron chi connectivity index (χ4n) is 0.825. The molecule has 0 aromatic heterocycles. The Morgan fingerprint density at radius 3 is 2.85 bits per heavy atom. The summed E-state index contributed by atoms with van der Waals surface area (Å²) >= 11 is 8.99. The lowest BCUT2D eigenvalue weighted by atomic mass is 10.2. The van der Waals surface area contributed by atoms with Gasteiger partial charge < -0.3 is 4.74 Å². The topological polar surface area (TPSA) is 9.23 Å². The zero-order valence-corrected chi connectivity index (χ0v) is 9.65. The number of benzene rings is 1. The first-order chi connectivity index (χ1) is 6.09. The van der Waals surface area contributed by atoms with E-state index in [0.29, 0.717) is 11.6 Å². The lowest BCUT2D eigenvalue weighted by Crippen LogP contribution is -1.96. The SMILES string of the molecule is C=C(Cl)COc1ccc(C)c(Br)c1. The Morgan fingerprint density at radius 1 is 1.62 bits per heavy atom. The smallest absolute Gasteiger partial charge is 0.123 e. The fraction of sp³-hybridized carbons (Fsp3) is 0.200. The van der Waals surface area contributed by atoms with Crippen LogP contribution in [0, 0.1) is 6.92 Å². The number of hydrogen-bond donors (Lipinski definition) is 0. The maximum atomic E-state index is 5.57. The van der Waals surface area contributed by atoms with Crippen LogP contribution in [0.1, 0.15) is 5.56 Å². The van der Waals surface area contributed by atoms with Crippen LogP contribution in [0.5, 0.6) is 5.75 Å². The second-order valence-corrected chi connectivity index (χ2v) is 4.11. The van der Waals surface area contributed by atoms with Gasteiger partial charge in [-0.2, -0.15) is 0 Å². The van der Waals surface area contributed by atoms with Crippen molar-refractivity contribution in [3.05, 3.63) is 39.8 Å². The van der Waals surface area contributed by atoms with E-state index in [0.717, 1.165) is 10.2 Å². The van der Waals surface area contributed by atoms with Gasteiger partial charge in [0.15, 0.2) is 0 Å². The Balaban J connectivity index is 2.68. The molecule has 0 atom stereocenters. The highest BCUT2D eigenvalue weighted by molar-refractivity contribution is 9.10. The van der Waals surface area contributed by atoms with Crippen molar-refractivity contribution in [1.82, 2.24) is 0 Å². The zero-order chi connectivity index (χ0) is 9.84. The molecule has 1 aromatic rings. The summed E-state index contributed by atoms with van der Waals surface area (Å²) in [5, 5.41) is 0.497. The molecule has 0 fully saturated rings. The van der Waals surface area contributed by atoms with Gasteiger partial charge in [-0.3, -0.25) is 0 Å². The van der Waals surface area contributed by atoms with Crippen LogP contribution in [0.3, 0.4) is 0 Å². The first kappa shape index (κ1) is 10.6. The van der Waals surface area contributed by atoms with Crippen molar-refractivity contribution < 1.29 is 4.74 Å². The third-order valence-electron chi connectivity index (χ3n) is 1.54. The third-order valence-corrected chi connectivity index (χ3v) is 2.50. The van der Waals surface area contributed by atoms with Gasteiger partial charge >= 0.3 is 0 Å². The van der Waals surface area contributed by atoms with Gasteiger partial charge in [0.2, 0.25) is 0 Å². The van der Waals surface area contributed by atoms with E-state index in [1.807, 2.05) is 25.1 Å². The van der Waals surface area contributed by atoms with Crippen LogP contribution in [0.4, 0.5) is 0 Å². The summed E-state index contributed by atoms with van der Waals surface area (Å²) in [6, 6.07) is 5.80. The van der Waals surface area contributed by atoms with Gasteiger partial charge in [-0.05, 0) is 24.6 Å².